The van der Waals surface area contributed by atoms with Crippen molar-refractivity contribution in [3.8, 4) is 0 Å². The Morgan fingerprint density at radius 2 is 1.74 bits per heavy atom. The minimum atomic E-state index is -0.348. The molecule has 2 aliphatic rings. The fourth-order valence-corrected chi connectivity index (χ4v) is 4.63. The van der Waals surface area contributed by atoms with Gasteiger partial charge in [0.05, 0.1) is 11.7 Å². The molecule has 0 saturated carbocycles. The fraction of sp³-hybridized carbons (Fsp3) is 0.875. The summed E-state index contributed by atoms with van der Waals surface area (Å²) in [6.07, 6.45) is 1.99. The largest absolute Gasteiger partial charge is 0.352 e. The molecule has 0 radical (unpaired) electrons. The molecule has 3 rings (SSSR count). The average Bonchev–Trinajstić information content (AvgIpc) is 2.95. The van der Waals surface area contributed by atoms with Crippen molar-refractivity contribution in [1.82, 2.24) is 18.7 Å². The quantitative estimate of drug-likeness (QED) is 0.893. The molecule has 2 fully saturated rings. The molecule has 2 aliphatic heterocycles. The van der Waals surface area contributed by atoms with E-state index in [1.165, 1.54) is 11.7 Å². The zero-order valence-corrected chi connectivity index (χ0v) is 15.7. The van der Waals surface area contributed by atoms with Crippen molar-refractivity contribution < 1.29 is 5.21 Å². The first-order valence-electron chi connectivity index (χ1n) is 8.48. The number of rotatable bonds is 2. The van der Waals surface area contributed by atoms with Crippen LogP contribution in [0.5, 0.6) is 0 Å². The molecule has 0 aromatic carbocycles. The molecule has 6 nitrogen and oxygen atoms in total. The lowest BCUT2D eigenvalue weighted by atomic mass is 9.72. The van der Waals surface area contributed by atoms with Gasteiger partial charge in [0.15, 0.2) is 5.82 Å². The third-order valence-corrected chi connectivity index (χ3v) is 6.18. The van der Waals surface area contributed by atoms with E-state index < -0.39 is 0 Å². The number of likely N-dealkylation sites (N-methyl/N-ethyl adjacent to an activating group) is 1. The Hall–Kier alpha value is -0.760. The van der Waals surface area contributed by atoms with Crippen LogP contribution in [-0.2, 0) is 0 Å². The van der Waals surface area contributed by atoms with Crippen molar-refractivity contribution in [2.75, 3.05) is 38.1 Å². The number of aromatic nitrogens is 2. The monoisotopic (exact) mass is 339 g/mol. The first-order valence-corrected chi connectivity index (χ1v) is 9.21. The summed E-state index contributed by atoms with van der Waals surface area (Å²) in [7, 11) is 2.16. The second-order valence-electron chi connectivity index (χ2n) is 8.13. The number of hydrogen-bond acceptors (Lipinski definition) is 7. The summed E-state index contributed by atoms with van der Waals surface area (Å²) >= 11 is 1.30. The highest BCUT2D eigenvalue weighted by atomic mass is 32.1. The lowest BCUT2D eigenvalue weighted by molar-refractivity contribution is -0.248. The first kappa shape index (κ1) is 17.1. The number of piperidine rings is 1. The van der Waals surface area contributed by atoms with Crippen LogP contribution in [0.3, 0.4) is 0 Å². The maximum Gasteiger partial charge on any atom is 0.166 e. The van der Waals surface area contributed by atoms with Crippen LogP contribution in [0.15, 0.2) is 0 Å². The minimum Gasteiger partial charge on any atom is -0.352 e. The maximum absolute atomic E-state index is 10.7. The second-order valence-corrected chi connectivity index (χ2v) is 8.66. The summed E-state index contributed by atoms with van der Waals surface area (Å²) in [5.41, 5.74) is 0.523. The molecule has 3 heterocycles. The molecule has 0 bridgehead atoms. The summed E-state index contributed by atoms with van der Waals surface area (Å²) in [6, 6.07) is 0. The molecule has 7 heteroatoms. The minimum absolute atomic E-state index is 0.197. The van der Waals surface area contributed by atoms with E-state index in [9.17, 15) is 5.21 Å². The van der Waals surface area contributed by atoms with Crippen LogP contribution in [0.2, 0.25) is 0 Å². The summed E-state index contributed by atoms with van der Waals surface area (Å²) in [5.74, 6) is 1.24. The van der Waals surface area contributed by atoms with Crippen LogP contribution in [0.1, 0.15) is 52.1 Å². The van der Waals surface area contributed by atoms with E-state index in [1.807, 2.05) is 0 Å². The lowest BCUT2D eigenvalue weighted by Gasteiger charge is -2.52. The number of hydrogen-bond donors (Lipinski definition) is 1. The molecule has 0 aliphatic carbocycles. The second kappa shape index (κ2) is 5.95. The molecule has 1 N–H and O–H groups in total. The van der Waals surface area contributed by atoms with Gasteiger partial charge < -0.3 is 15.0 Å². The predicted molar refractivity (Wildman–Crippen MR) is 93.4 cm³/mol. The highest BCUT2D eigenvalue weighted by molar-refractivity contribution is 6.99. The molecule has 1 atom stereocenters. The van der Waals surface area contributed by atoms with E-state index in [4.69, 9.17) is 0 Å². The maximum atomic E-state index is 10.7. The van der Waals surface area contributed by atoms with Gasteiger partial charge in [0.1, 0.15) is 5.69 Å². The zero-order valence-electron chi connectivity index (χ0n) is 14.9. The van der Waals surface area contributed by atoms with Crippen LogP contribution in [-0.4, -0.2) is 68.2 Å². The van der Waals surface area contributed by atoms with E-state index in [2.05, 4.69) is 53.3 Å². The highest BCUT2D eigenvalue weighted by Gasteiger charge is 2.49. The molecule has 1 unspecified atom stereocenters. The van der Waals surface area contributed by atoms with Crippen molar-refractivity contribution >= 4 is 17.5 Å². The smallest absolute Gasteiger partial charge is 0.166 e. The van der Waals surface area contributed by atoms with Crippen LogP contribution in [0, 0.1) is 0 Å². The van der Waals surface area contributed by atoms with Gasteiger partial charge in [-0.1, -0.05) is 0 Å². The van der Waals surface area contributed by atoms with Gasteiger partial charge in [0.2, 0.25) is 0 Å². The zero-order chi connectivity index (χ0) is 16.8. The summed E-state index contributed by atoms with van der Waals surface area (Å²) in [5, 5.41) is 12.3. The molecule has 1 aromatic heterocycles. The molecule has 130 valence electrons. The van der Waals surface area contributed by atoms with E-state index in [0.717, 1.165) is 50.5 Å². The normalized spacial score (nSPS) is 29.0. The van der Waals surface area contributed by atoms with Gasteiger partial charge in [-0.15, -0.1) is 0 Å². The summed E-state index contributed by atoms with van der Waals surface area (Å²) < 4.78 is 9.25. The SMILES string of the molecule is CN1CCN(c2nsnc2C2CCC(C)(C)N(O)C2(C)C)CC1. The van der Waals surface area contributed by atoms with Crippen molar-refractivity contribution in [2.45, 2.75) is 57.5 Å². The molecule has 0 spiro atoms. The number of anilines is 1. The summed E-state index contributed by atoms with van der Waals surface area (Å²) in [4.78, 5) is 4.70. The molecule has 1 aromatic rings. The number of hydroxylamine groups is 2. The van der Waals surface area contributed by atoms with Gasteiger partial charge in [-0.3, -0.25) is 0 Å². The Labute approximate surface area is 143 Å². The standard InChI is InChI=1S/C16H29N5OS/c1-15(2)7-6-12(16(3,4)21(15)22)13-14(18-23-17-13)20-10-8-19(5)9-11-20/h12,22H,6-11H2,1-5H3. The molecular weight excluding hydrogens is 310 g/mol. The Balaban J connectivity index is 1.87. The predicted octanol–water partition coefficient (Wildman–Crippen LogP) is 2.42. The molecule has 23 heavy (non-hydrogen) atoms. The first-order chi connectivity index (χ1) is 10.7. The van der Waals surface area contributed by atoms with E-state index >= 15 is 0 Å². The third-order valence-electron chi connectivity index (χ3n) is 5.65. The Morgan fingerprint density at radius 3 is 2.39 bits per heavy atom. The lowest BCUT2D eigenvalue weighted by Crippen LogP contribution is -2.60. The van der Waals surface area contributed by atoms with Gasteiger partial charge >= 0.3 is 0 Å². The van der Waals surface area contributed by atoms with Crippen LogP contribution in [0.25, 0.3) is 0 Å². The van der Waals surface area contributed by atoms with Crippen molar-refractivity contribution in [1.29, 1.82) is 0 Å². The average molecular weight is 340 g/mol. The van der Waals surface area contributed by atoms with E-state index in [0.29, 0.717) is 0 Å². The van der Waals surface area contributed by atoms with Gasteiger partial charge in [-0.25, -0.2) is 0 Å². The van der Waals surface area contributed by atoms with Crippen LogP contribution < -0.4 is 4.90 Å². The Bertz CT molecular complexity index is 550. The van der Waals surface area contributed by atoms with Crippen molar-refractivity contribution in [2.24, 2.45) is 0 Å². The van der Waals surface area contributed by atoms with Gasteiger partial charge in [-0.2, -0.15) is 13.8 Å². The van der Waals surface area contributed by atoms with E-state index in [1.54, 1.807) is 5.06 Å². The highest BCUT2D eigenvalue weighted by Crippen LogP contribution is 2.47. The van der Waals surface area contributed by atoms with Crippen molar-refractivity contribution in [3.05, 3.63) is 5.69 Å². The Kier molecular flexibility index (Phi) is 4.42. The fourth-order valence-electron chi connectivity index (χ4n) is 4.00. The van der Waals surface area contributed by atoms with Crippen LogP contribution in [0.4, 0.5) is 5.82 Å². The van der Waals surface area contributed by atoms with E-state index in [-0.39, 0.29) is 17.0 Å². The number of piperazine rings is 1. The van der Waals surface area contributed by atoms with Crippen molar-refractivity contribution in [3.63, 3.8) is 0 Å². The summed E-state index contributed by atoms with van der Waals surface area (Å²) in [6.45, 7) is 12.6. The van der Waals surface area contributed by atoms with Gasteiger partial charge in [0, 0.05) is 43.2 Å². The van der Waals surface area contributed by atoms with Gasteiger partial charge in [0.25, 0.3) is 0 Å². The van der Waals surface area contributed by atoms with Crippen LogP contribution >= 0.6 is 11.7 Å². The third kappa shape index (κ3) is 2.99. The van der Waals surface area contributed by atoms with Gasteiger partial charge in [-0.05, 0) is 47.6 Å². The molecule has 0 amide bonds. The number of nitrogens with zero attached hydrogens (tertiary/aromatic N) is 5. The molecule has 2 saturated heterocycles. The molecular formula is C16H29N5OS. The Morgan fingerprint density at radius 1 is 1.09 bits per heavy atom. The topological polar surface area (TPSA) is 55.7 Å².